The predicted octanol–water partition coefficient (Wildman–Crippen LogP) is 18.3. The summed E-state index contributed by atoms with van der Waals surface area (Å²) in [6.45, 7) is 29.3. The fourth-order valence-corrected chi connectivity index (χ4v) is 23.2. The number of amides is 6. The number of carbonyl (C=O) groups is 12. The molecule has 7 aliphatic heterocycles. The van der Waals surface area contributed by atoms with Gasteiger partial charge in [0.25, 0.3) is 6.29 Å². The largest absolute Gasteiger partial charge is 0.466 e. The van der Waals surface area contributed by atoms with Crippen LogP contribution in [0.4, 0.5) is 36.2 Å². The van der Waals surface area contributed by atoms with Crippen LogP contribution in [0.5, 0.6) is 0 Å². The molecule has 7 saturated heterocycles. The summed E-state index contributed by atoms with van der Waals surface area (Å²) < 4.78 is 60.0. The molecule has 31 nitrogen and oxygen atoms in total. The summed E-state index contributed by atoms with van der Waals surface area (Å²) in [6.07, 6.45) is -5.62. The highest BCUT2D eigenvalue weighted by molar-refractivity contribution is 5.97. The number of esters is 6. The first-order valence-corrected chi connectivity index (χ1v) is 51.7. The van der Waals surface area contributed by atoms with Crippen LogP contribution in [0.25, 0.3) is 32.3 Å². The third-order valence-corrected chi connectivity index (χ3v) is 29.9. The summed E-state index contributed by atoms with van der Waals surface area (Å²) in [5, 5.41) is 8.53. The van der Waals surface area contributed by atoms with Crippen molar-refractivity contribution in [1.29, 1.82) is 0 Å². The second kappa shape index (κ2) is 45.7. The van der Waals surface area contributed by atoms with Crippen molar-refractivity contribution in [2.75, 3.05) is 73.8 Å². The standard InChI is InChI=1S/C115H137N9O22/c1-16-137-97(125)62-75-40-46-81(47-41-75)117-59-56-84(65-117)120(70(8)87-37-25-31-78-28-19-22-34-90(78)87)111(133)142-73(11)140-107(130)102-95-54-55-96(103(102)108(131)141-74(12)143-112(134)121(71(9)88-38-26-32-79-29-20-23-35-91(79)88)85-57-60-118(66-85)82-48-42-76(43-49-82)63-98(126)138-17-2)123(95)106(129)101-94-53-52-93(124(94)114(136)146-115(13,14)15)100(101)105(128)116-104(68(4)5)109(132)144-110(69(6)7)145-113(135)122(72(10)89-39-27-33-80-30-21-24-36-92(80)89)86-58-61-119(67-86)83-50-44-77(45-51-83)64-99(127)139-18-3/h19-51,68-74,84-86,93-96,100-104,110H,16-18,52-67H2,1-15H3,(H,116,128)/t70-,71-,72-,73?,74?,84+,85+,86+,93-,94+,95-,96+,100?,101-,102?,103-,104-,110?/m1/s1. The van der Waals surface area contributed by atoms with Gasteiger partial charge in [-0.15, -0.1) is 0 Å². The highest BCUT2D eigenvalue weighted by Gasteiger charge is 2.68. The van der Waals surface area contributed by atoms with Gasteiger partial charge in [-0.05, 0) is 215 Å². The second-order valence-corrected chi connectivity index (χ2v) is 41.2. The fraction of sp³-hybridized carbons (Fsp3) is 0.478. The van der Waals surface area contributed by atoms with Gasteiger partial charge in [-0.3, -0.25) is 48.3 Å². The molecule has 7 aliphatic rings. The predicted molar refractivity (Wildman–Crippen MR) is 549 cm³/mol. The quantitative estimate of drug-likeness (QED) is 0.0219. The minimum absolute atomic E-state index is 0.0973. The normalized spacial score (nSPS) is 21.9. The van der Waals surface area contributed by atoms with Crippen molar-refractivity contribution >= 4 is 121 Å². The monoisotopic (exact) mass is 2000 g/mol. The van der Waals surface area contributed by atoms with E-state index in [9.17, 15) is 14.4 Å². The van der Waals surface area contributed by atoms with E-state index < -0.39 is 181 Å². The maximum atomic E-state index is 16.9. The molecule has 18 atom stereocenters. The number of fused-ring (bicyclic) bond motifs is 7. The zero-order chi connectivity index (χ0) is 104. The van der Waals surface area contributed by atoms with Crippen LogP contribution in [0.2, 0.25) is 0 Å². The number of rotatable bonds is 35. The van der Waals surface area contributed by atoms with Gasteiger partial charge >= 0.3 is 60.2 Å². The first kappa shape index (κ1) is 105. The molecule has 7 heterocycles. The van der Waals surface area contributed by atoms with Crippen molar-refractivity contribution in [1.82, 2.24) is 29.8 Å². The fourth-order valence-electron chi connectivity index (χ4n) is 23.2. The van der Waals surface area contributed by atoms with E-state index in [1.165, 1.54) is 23.6 Å². The van der Waals surface area contributed by atoms with Crippen LogP contribution in [0.1, 0.15) is 200 Å². The number of hydrogen-bond donors (Lipinski definition) is 1. The number of anilines is 3. The molecule has 0 radical (unpaired) electrons. The van der Waals surface area contributed by atoms with Gasteiger partial charge in [-0.2, -0.15) is 0 Å². The Kier molecular flexibility index (Phi) is 32.8. The molecule has 9 aromatic rings. The molecule has 0 aromatic heterocycles. The van der Waals surface area contributed by atoms with Crippen molar-refractivity contribution < 1.29 is 105 Å². The van der Waals surface area contributed by atoms with Crippen LogP contribution in [0.3, 0.4) is 0 Å². The SMILES string of the molecule is CCOC(=O)Cc1ccc(N2CC[C@H](N(C(=O)OC(C)OC(=O)C3[C@H]4CC[C@@H]([C@H]3C(=O)OC(C)OC(=O)N([C@H]3CCN(c5ccc(CC(=O)OCC)cc5)C3)[C@H](C)c3cccc5ccccc35)N4C(=O)[C@H]3C(C(=O)N[C@@H](C(=O)OC(OC(=O)N([C@H]4CCN(c5ccc(CC(=O)OCC)cc5)C4)[C@H](C)c4cccc5ccccc45)C(C)C)C(C)C)[C@H]4CC[C@@H]3N4C(=O)OC(C)(C)C)[C@H](C)c3cccc4ccccc34)C2)cc1. The Bertz CT molecular complexity index is 6020. The minimum Gasteiger partial charge on any atom is -0.466 e. The molecule has 9 aromatic carbocycles. The zero-order valence-corrected chi connectivity index (χ0v) is 86.1. The molecule has 0 aliphatic carbocycles. The summed E-state index contributed by atoms with van der Waals surface area (Å²) in [7, 11) is 0. The molecule has 4 bridgehead atoms. The van der Waals surface area contributed by atoms with E-state index in [0.717, 1.165) is 82.8 Å². The lowest BCUT2D eigenvalue weighted by Gasteiger charge is -2.36. The van der Waals surface area contributed by atoms with E-state index in [1.807, 2.05) is 221 Å². The molecule has 31 heteroatoms. The Labute approximate surface area is 853 Å². The Balaban J connectivity index is 0.689. The van der Waals surface area contributed by atoms with E-state index >= 15 is 43.2 Å². The number of benzene rings is 9. The van der Waals surface area contributed by atoms with Gasteiger partial charge in [-0.1, -0.05) is 191 Å². The molecule has 774 valence electrons. The number of nitrogens with one attached hydrogen (secondary N) is 1. The average molecular weight is 2000 g/mol. The van der Waals surface area contributed by atoms with E-state index in [0.29, 0.717) is 58.5 Å². The average Bonchev–Trinajstić information content (AvgIpc) is 1.54. The van der Waals surface area contributed by atoms with E-state index in [1.54, 1.807) is 83.9 Å². The summed E-state index contributed by atoms with van der Waals surface area (Å²) in [6, 6.07) is 55.0. The first-order chi connectivity index (χ1) is 70.1. The minimum atomic E-state index is -1.66. The smallest absolute Gasteiger partial charge is 0.413 e. The van der Waals surface area contributed by atoms with Crippen molar-refractivity contribution in [2.45, 2.75) is 259 Å². The van der Waals surface area contributed by atoms with Gasteiger partial charge in [0.1, 0.15) is 11.6 Å². The molecule has 6 amide bonds. The van der Waals surface area contributed by atoms with Crippen molar-refractivity contribution in [3.8, 4) is 0 Å². The third-order valence-electron chi connectivity index (χ3n) is 29.9. The van der Waals surface area contributed by atoms with Gasteiger partial charge in [0.05, 0.1) is 99.0 Å². The Hall–Kier alpha value is -14.0. The first-order valence-electron chi connectivity index (χ1n) is 51.7. The third kappa shape index (κ3) is 23.1. The Morgan fingerprint density at radius 3 is 1.03 bits per heavy atom. The lowest BCUT2D eigenvalue weighted by molar-refractivity contribution is -0.184. The molecule has 1 N–H and O–H groups in total. The van der Waals surface area contributed by atoms with Crippen LogP contribution in [-0.4, -0.2) is 228 Å². The van der Waals surface area contributed by atoms with Gasteiger partial charge < -0.3 is 77.2 Å². The van der Waals surface area contributed by atoms with Gasteiger partial charge in [-0.25, -0.2) is 24.0 Å². The van der Waals surface area contributed by atoms with Gasteiger partial charge in [0.2, 0.25) is 24.4 Å². The topological polar surface area (TPSA) is 335 Å². The summed E-state index contributed by atoms with van der Waals surface area (Å²) >= 11 is 0. The number of nitrogens with zero attached hydrogens (tertiary/aromatic N) is 8. The lowest BCUT2D eigenvalue weighted by Crippen LogP contribution is -2.54. The maximum Gasteiger partial charge on any atom is 0.413 e. The zero-order valence-electron chi connectivity index (χ0n) is 86.1. The number of carbonyl (C=O) groups excluding carboxylic acids is 12. The van der Waals surface area contributed by atoms with Crippen molar-refractivity contribution in [2.24, 2.45) is 35.5 Å². The van der Waals surface area contributed by atoms with Crippen LogP contribution >= 0.6 is 0 Å². The van der Waals surface area contributed by atoms with Crippen LogP contribution in [0.15, 0.2) is 200 Å². The Morgan fingerprint density at radius 2 is 0.692 bits per heavy atom. The van der Waals surface area contributed by atoms with E-state index in [-0.39, 0.29) is 82.7 Å². The van der Waals surface area contributed by atoms with Crippen LogP contribution in [-0.2, 0) is 105 Å². The molecular weight excluding hydrogens is 1860 g/mol. The van der Waals surface area contributed by atoms with E-state index in [4.69, 9.17) is 47.4 Å². The molecule has 146 heavy (non-hydrogen) atoms. The molecule has 7 fully saturated rings. The molecule has 0 saturated carbocycles. The van der Waals surface area contributed by atoms with Crippen LogP contribution in [0, 0.1) is 35.5 Å². The summed E-state index contributed by atoms with van der Waals surface area (Å²) in [4.78, 5) is 194. The summed E-state index contributed by atoms with van der Waals surface area (Å²) in [5.41, 5.74) is 6.35. The molecular formula is C115H137N9O22. The van der Waals surface area contributed by atoms with Gasteiger partial charge in [0.15, 0.2) is 0 Å². The Morgan fingerprint density at radius 1 is 0.363 bits per heavy atom. The van der Waals surface area contributed by atoms with Crippen molar-refractivity contribution in [3.05, 3.63) is 234 Å². The lowest BCUT2D eigenvalue weighted by atomic mass is 9.77. The molecule has 16 rings (SSSR count). The molecule has 0 spiro atoms. The second-order valence-electron chi connectivity index (χ2n) is 41.2. The number of hydrogen-bond acceptors (Lipinski definition) is 25. The highest BCUT2D eigenvalue weighted by atomic mass is 16.7. The highest BCUT2D eigenvalue weighted by Crippen LogP contribution is 2.54. The summed E-state index contributed by atoms with van der Waals surface area (Å²) in [5.74, 6) is -13.0. The van der Waals surface area contributed by atoms with E-state index in [2.05, 4.69) is 20.0 Å². The maximum absolute atomic E-state index is 16.9. The van der Waals surface area contributed by atoms with Crippen molar-refractivity contribution in [3.63, 3.8) is 0 Å². The number of ether oxygens (including phenoxy) is 10. The van der Waals surface area contributed by atoms with Gasteiger partial charge in [0, 0.05) is 100 Å². The van der Waals surface area contributed by atoms with Crippen LogP contribution < -0.4 is 20.0 Å². The molecule has 5 unspecified atom stereocenters.